The number of nitrogens with zero attached hydrogens (tertiary/aromatic N) is 1. The zero-order valence-corrected chi connectivity index (χ0v) is 16.0. The Bertz CT molecular complexity index is 721. The van der Waals surface area contributed by atoms with Gasteiger partial charge in [0.2, 0.25) is 0 Å². The molecule has 0 N–H and O–H groups in total. The zero-order chi connectivity index (χ0) is 18.4. The SMILES string of the molecule is COCCN1C(=O)S/C(=C/c2ccc(OCC(=O)OC)c(Br)c2)C1=O. The largest absolute Gasteiger partial charge is 0.481 e. The molecule has 7 nitrogen and oxygen atoms in total. The molecule has 1 saturated heterocycles. The second-order valence-corrected chi connectivity index (χ2v) is 6.73. The number of imide groups is 1. The van der Waals surface area contributed by atoms with Gasteiger partial charge in [0, 0.05) is 7.11 Å². The first kappa shape index (κ1) is 19.5. The van der Waals surface area contributed by atoms with Crippen LogP contribution in [0.5, 0.6) is 5.75 Å². The van der Waals surface area contributed by atoms with Crippen LogP contribution in [0.4, 0.5) is 4.79 Å². The monoisotopic (exact) mass is 429 g/mol. The van der Waals surface area contributed by atoms with Crippen molar-refractivity contribution >= 4 is 50.9 Å². The summed E-state index contributed by atoms with van der Waals surface area (Å²) in [5.74, 6) is -0.356. The van der Waals surface area contributed by atoms with Gasteiger partial charge in [-0.15, -0.1) is 0 Å². The van der Waals surface area contributed by atoms with E-state index in [-0.39, 0.29) is 24.3 Å². The third-order valence-electron chi connectivity index (χ3n) is 3.22. The highest BCUT2D eigenvalue weighted by atomic mass is 79.9. The summed E-state index contributed by atoms with van der Waals surface area (Å²) in [5.41, 5.74) is 0.717. The quantitative estimate of drug-likeness (QED) is 0.486. The highest BCUT2D eigenvalue weighted by molar-refractivity contribution is 9.10. The highest BCUT2D eigenvalue weighted by Crippen LogP contribution is 2.33. The van der Waals surface area contributed by atoms with E-state index in [0.29, 0.717) is 21.7 Å². The van der Waals surface area contributed by atoms with E-state index < -0.39 is 5.97 Å². The molecule has 0 atom stereocenters. The van der Waals surface area contributed by atoms with Crippen molar-refractivity contribution in [1.29, 1.82) is 0 Å². The van der Waals surface area contributed by atoms with Gasteiger partial charge in [0.15, 0.2) is 6.61 Å². The predicted octanol–water partition coefficient (Wildman–Crippen LogP) is 2.68. The molecule has 0 aliphatic carbocycles. The third-order valence-corrected chi connectivity index (χ3v) is 4.75. The zero-order valence-electron chi connectivity index (χ0n) is 13.6. The van der Waals surface area contributed by atoms with Crippen molar-refractivity contribution in [2.45, 2.75) is 0 Å². The second-order valence-electron chi connectivity index (χ2n) is 4.88. The maximum Gasteiger partial charge on any atom is 0.343 e. The summed E-state index contributed by atoms with van der Waals surface area (Å²) in [6, 6.07) is 5.12. The number of halogens is 1. The first-order valence-corrected chi connectivity index (χ1v) is 8.80. The summed E-state index contributed by atoms with van der Waals surface area (Å²) in [6.07, 6.45) is 1.63. The number of hydrogen-bond acceptors (Lipinski definition) is 7. The van der Waals surface area contributed by atoms with Crippen molar-refractivity contribution in [3.63, 3.8) is 0 Å². The molecule has 1 fully saturated rings. The summed E-state index contributed by atoms with van der Waals surface area (Å²) >= 11 is 4.24. The summed E-state index contributed by atoms with van der Waals surface area (Å²) in [4.78, 5) is 36.8. The Morgan fingerprint density at radius 3 is 2.72 bits per heavy atom. The smallest absolute Gasteiger partial charge is 0.343 e. The number of methoxy groups -OCH3 is 2. The van der Waals surface area contributed by atoms with Crippen LogP contribution in [0.1, 0.15) is 5.56 Å². The molecule has 1 aromatic rings. The lowest BCUT2D eigenvalue weighted by Crippen LogP contribution is -2.31. The molecule has 0 unspecified atom stereocenters. The number of carbonyl (C=O) groups is 3. The Kier molecular flexibility index (Phi) is 7.03. The molecule has 2 rings (SSSR count). The fourth-order valence-electron chi connectivity index (χ4n) is 1.95. The number of hydrogen-bond donors (Lipinski definition) is 0. The Morgan fingerprint density at radius 2 is 2.08 bits per heavy atom. The molecule has 0 saturated carbocycles. The van der Waals surface area contributed by atoms with Gasteiger partial charge in [-0.25, -0.2) is 4.79 Å². The number of ether oxygens (including phenoxy) is 3. The standard InChI is InChI=1S/C16H16BrNO6S/c1-22-6-5-18-15(20)13(25-16(18)21)8-10-3-4-12(11(17)7-10)24-9-14(19)23-2/h3-4,7-8H,5-6,9H2,1-2H3/b13-8+. The summed E-state index contributed by atoms with van der Waals surface area (Å²) < 4.78 is 15.4. The molecule has 1 aliphatic rings. The number of esters is 1. The van der Waals surface area contributed by atoms with E-state index in [0.717, 1.165) is 22.2 Å². The van der Waals surface area contributed by atoms with Gasteiger partial charge in [0.1, 0.15) is 5.75 Å². The lowest BCUT2D eigenvalue weighted by Gasteiger charge is -2.10. The molecule has 25 heavy (non-hydrogen) atoms. The van der Waals surface area contributed by atoms with E-state index >= 15 is 0 Å². The van der Waals surface area contributed by atoms with Gasteiger partial charge in [-0.05, 0) is 51.5 Å². The molecule has 1 heterocycles. The molecular weight excluding hydrogens is 414 g/mol. The van der Waals surface area contributed by atoms with Crippen LogP contribution in [0.15, 0.2) is 27.6 Å². The van der Waals surface area contributed by atoms with Crippen LogP contribution in [-0.4, -0.2) is 56.0 Å². The summed E-state index contributed by atoms with van der Waals surface area (Å²) in [5, 5.41) is -0.314. The Hall–Kier alpha value is -1.84. The molecule has 1 aliphatic heterocycles. The second kappa shape index (κ2) is 9.02. The first-order valence-electron chi connectivity index (χ1n) is 7.19. The fourth-order valence-corrected chi connectivity index (χ4v) is 3.32. The van der Waals surface area contributed by atoms with Gasteiger partial charge >= 0.3 is 5.97 Å². The maximum atomic E-state index is 12.3. The Balaban J connectivity index is 2.10. The number of benzene rings is 1. The molecule has 0 spiro atoms. The van der Waals surface area contributed by atoms with Gasteiger partial charge in [0.25, 0.3) is 11.1 Å². The molecule has 2 amide bonds. The highest BCUT2D eigenvalue weighted by Gasteiger charge is 2.34. The van der Waals surface area contributed by atoms with Gasteiger partial charge in [0.05, 0.1) is 29.6 Å². The minimum atomic E-state index is -0.485. The van der Waals surface area contributed by atoms with E-state index in [1.54, 1.807) is 24.3 Å². The van der Waals surface area contributed by atoms with Crippen LogP contribution in [0.3, 0.4) is 0 Å². The van der Waals surface area contributed by atoms with E-state index in [1.807, 2.05) is 0 Å². The minimum Gasteiger partial charge on any atom is -0.481 e. The molecule has 1 aromatic carbocycles. The van der Waals surface area contributed by atoms with Crippen LogP contribution in [0.25, 0.3) is 6.08 Å². The Morgan fingerprint density at radius 1 is 1.32 bits per heavy atom. The molecule has 9 heteroatoms. The van der Waals surface area contributed by atoms with Gasteiger partial charge < -0.3 is 14.2 Å². The predicted molar refractivity (Wildman–Crippen MR) is 96.2 cm³/mol. The van der Waals surface area contributed by atoms with Crippen LogP contribution < -0.4 is 4.74 Å². The Labute approximate surface area is 157 Å². The maximum absolute atomic E-state index is 12.3. The topological polar surface area (TPSA) is 82.1 Å². The number of thioether (sulfide) groups is 1. The molecule has 0 radical (unpaired) electrons. The van der Waals surface area contributed by atoms with E-state index in [4.69, 9.17) is 9.47 Å². The van der Waals surface area contributed by atoms with Crippen LogP contribution in [0, 0.1) is 0 Å². The first-order chi connectivity index (χ1) is 12.0. The molecular formula is C16H16BrNO6S. The molecule has 134 valence electrons. The number of rotatable bonds is 7. The molecule has 0 bridgehead atoms. The third kappa shape index (κ3) is 5.07. The van der Waals surface area contributed by atoms with Crippen LogP contribution in [0.2, 0.25) is 0 Å². The lowest BCUT2D eigenvalue weighted by atomic mass is 10.2. The summed E-state index contributed by atoms with van der Waals surface area (Å²) in [7, 11) is 2.79. The van der Waals surface area contributed by atoms with Crippen LogP contribution >= 0.6 is 27.7 Å². The number of carbonyl (C=O) groups excluding carboxylic acids is 3. The fraction of sp³-hybridized carbons (Fsp3) is 0.312. The van der Waals surface area contributed by atoms with Crippen molar-refractivity contribution < 1.29 is 28.6 Å². The van der Waals surface area contributed by atoms with Crippen LogP contribution in [-0.2, 0) is 19.1 Å². The normalized spacial score (nSPS) is 15.8. The van der Waals surface area contributed by atoms with Crippen molar-refractivity contribution in [3.8, 4) is 5.75 Å². The summed E-state index contributed by atoms with van der Waals surface area (Å²) in [6.45, 7) is 0.318. The van der Waals surface area contributed by atoms with Crippen molar-refractivity contribution in [2.75, 3.05) is 34.0 Å². The van der Waals surface area contributed by atoms with Gasteiger partial charge in [-0.3, -0.25) is 14.5 Å². The number of amides is 2. The van der Waals surface area contributed by atoms with Crippen molar-refractivity contribution in [1.82, 2.24) is 4.90 Å². The average molecular weight is 430 g/mol. The van der Waals surface area contributed by atoms with Crippen molar-refractivity contribution in [2.24, 2.45) is 0 Å². The lowest BCUT2D eigenvalue weighted by molar-refractivity contribution is -0.142. The van der Waals surface area contributed by atoms with Gasteiger partial charge in [-0.2, -0.15) is 0 Å². The molecule has 0 aromatic heterocycles. The van der Waals surface area contributed by atoms with E-state index in [9.17, 15) is 14.4 Å². The van der Waals surface area contributed by atoms with E-state index in [2.05, 4.69) is 20.7 Å². The van der Waals surface area contributed by atoms with E-state index in [1.165, 1.54) is 14.2 Å². The van der Waals surface area contributed by atoms with Gasteiger partial charge in [-0.1, -0.05) is 6.07 Å². The van der Waals surface area contributed by atoms with Crippen molar-refractivity contribution in [3.05, 3.63) is 33.1 Å². The minimum absolute atomic E-state index is 0.202. The average Bonchev–Trinajstić information content (AvgIpc) is 2.85.